The molecule has 1 rings (SSSR count). The van der Waals surface area contributed by atoms with Gasteiger partial charge in [0.2, 0.25) is 0 Å². The van der Waals surface area contributed by atoms with Crippen LogP contribution in [0, 0.1) is 0 Å². The smallest absolute Gasteiger partial charge is 0.377 e. The third kappa shape index (κ3) is 4.26. The van der Waals surface area contributed by atoms with Crippen LogP contribution >= 0.6 is 0 Å². The summed E-state index contributed by atoms with van der Waals surface area (Å²) in [5.74, 6) is 0. The lowest BCUT2D eigenvalue weighted by molar-refractivity contribution is 0.0168. The van der Waals surface area contributed by atoms with Gasteiger partial charge >= 0.3 is 8.80 Å². The summed E-state index contributed by atoms with van der Waals surface area (Å²) in [7, 11) is 0.453. The van der Waals surface area contributed by atoms with E-state index >= 15 is 0 Å². The van der Waals surface area contributed by atoms with Crippen LogP contribution in [0.1, 0.15) is 12.5 Å². The van der Waals surface area contributed by atoms with Gasteiger partial charge in [-0.3, -0.25) is 0 Å². The van der Waals surface area contributed by atoms with E-state index in [1.54, 1.807) is 20.3 Å². The maximum atomic E-state index is 6.28. The predicted molar refractivity (Wildman–Crippen MR) is 78.6 cm³/mol. The lowest BCUT2D eigenvalue weighted by atomic mass is 10.0. The van der Waals surface area contributed by atoms with Gasteiger partial charge in [-0.05, 0) is 11.6 Å². The lowest BCUT2D eigenvalue weighted by Gasteiger charge is -2.35. The molecule has 0 bridgehead atoms. The molecule has 0 amide bonds. The first-order valence-electron chi connectivity index (χ1n) is 6.30. The Hall–Kier alpha value is -0.983. The second-order valence-corrected chi connectivity index (χ2v) is 7.46. The standard InChI is InChI=1S/C14H23NO3Si/c1-5-14(15,12-13-10-8-7-9-11-13)18-19(6-2,16-3)17-4/h5,7-11H,1,6,12,15H2,2-4H3. The van der Waals surface area contributed by atoms with Crippen molar-refractivity contribution in [2.45, 2.75) is 25.1 Å². The van der Waals surface area contributed by atoms with Crippen molar-refractivity contribution in [1.82, 2.24) is 0 Å². The fraction of sp³-hybridized carbons (Fsp3) is 0.429. The molecule has 0 aliphatic rings. The monoisotopic (exact) mass is 281 g/mol. The lowest BCUT2D eigenvalue weighted by Crippen LogP contribution is -2.56. The van der Waals surface area contributed by atoms with Crippen LogP contribution in [0.25, 0.3) is 0 Å². The van der Waals surface area contributed by atoms with Crippen molar-refractivity contribution in [2.24, 2.45) is 5.73 Å². The van der Waals surface area contributed by atoms with Gasteiger partial charge in [-0.25, -0.2) is 0 Å². The van der Waals surface area contributed by atoms with E-state index in [9.17, 15) is 0 Å². The molecule has 1 aromatic carbocycles. The molecule has 1 aromatic rings. The summed E-state index contributed by atoms with van der Waals surface area (Å²) >= 11 is 0. The van der Waals surface area contributed by atoms with Crippen LogP contribution in [0.4, 0.5) is 0 Å². The molecule has 0 saturated carbocycles. The van der Waals surface area contributed by atoms with Crippen LogP contribution < -0.4 is 5.73 Å². The van der Waals surface area contributed by atoms with Crippen molar-refractivity contribution < 1.29 is 13.3 Å². The molecule has 0 aliphatic carbocycles. The average Bonchev–Trinajstić information content (AvgIpc) is 2.46. The molecule has 0 fully saturated rings. The number of hydrogen-bond donors (Lipinski definition) is 1. The number of benzene rings is 1. The Labute approximate surface area is 116 Å². The van der Waals surface area contributed by atoms with E-state index in [4.69, 9.17) is 19.0 Å². The van der Waals surface area contributed by atoms with Crippen LogP contribution in [0.15, 0.2) is 43.0 Å². The zero-order chi connectivity index (χ0) is 14.4. The zero-order valence-corrected chi connectivity index (χ0v) is 12.9. The van der Waals surface area contributed by atoms with Crippen LogP contribution in [0.3, 0.4) is 0 Å². The first-order valence-corrected chi connectivity index (χ1v) is 8.23. The second-order valence-electron chi connectivity index (χ2n) is 4.37. The van der Waals surface area contributed by atoms with Gasteiger partial charge in [0, 0.05) is 26.7 Å². The Morgan fingerprint density at radius 1 is 1.26 bits per heavy atom. The summed E-state index contributed by atoms with van der Waals surface area (Å²) < 4.78 is 16.9. The normalized spacial score (nSPS) is 14.9. The van der Waals surface area contributed by atoms with Crippen LogP contribution in [0.5, 0.6) is 0 Å². The molecule has 0 aliphatic heterocycles. The molecule has 0 radical (unpaired) electrons. The van der Waals surface area contributed by atoms with Gasteiger partial charge in [0.1, 0.15) is 5.72 Å². The van der Waals surface area contributed by atoms with E-state index < -0.39 is 14.5 Å². The van der Waals surface area contributed by atoms with E-state index in [0.717, 1.165) is 5.56 Å². The Morgan fingerprint density at radius 2 is 1.84 bits per heavy atom. The fourth-order valence-corrected chi connectivity index (χ4v) is 3.67. The molecular formula is C14H23NO3Si. The molecule has 1 unspecified atom stereocenters. The highest BCUT2D eigenvalue weighted by atomic mass is 28.4. The zero-order valence-electron chi connectivity index (χ0n) is 11.9. The molecule has 5 heteroatoms. The number of rotatable bonds is 8. The molecule has 0 saturated heterocycles. The first kappa shape index (κ1) is 16.1. The molecule has 0 heterocycles. The average molecular weight is 281 g/mol. The van der Waals surface area contributed by atoms with Gasteiger partial charge in [-0.2, -0.15) is 0 Å². The maximum Gasteiger partial charge on any atom is 0.501 e. The highest BCUT2D eigenvalue weighted by Crippen LogP contribution is 2.23. The van der Waals surface area contributed by atoms with Gasteiger partial charge in [0.15, 0.2) is 0 Å². The highest BCUT2D eigenvalue weighted by molar-refractivity contribution is 6.60. The van der Waals surface area contributed by atoms with Crippen LogP contribution in [-0.2, 0) is 19.7 Å². The summed E-state index contributed by atoms with van der Waals surface area (Å²) in [6, 6.07) is 10.6. The van der Waals surface area contributed by atoms with E-state index in [1.165, 1.54) is 0 Å². The molecular weight excluding hydrogens is 258 g/mol. The Balaban J connectivity index is 2.88. The van der Waals surface area contributed by atoms with Gasteiger partial charge in [-0.1, -0.05) is 43.8 Å². The van der Waals surface area contributed by atoms with Crippen molar-refractivity contribution in [1.29, 1.82) is 0 Å². The van der Waals surface area contributed by atoms with Crippen molar-refractivity contribution in [3.63, 3.8) is 0 Å². The molecule has 0 aromatic heterocycles. The topological polar surface area (TPSA) is 53.7 Å². The molecule has 0 spiro atoms. The molecule has 1 atom stereocenters. The predicted octanol–water partition coefficient (Wildman–Crippen LogP) is 2.34. The molecule has 4 nitrogen and oxygen atoms in total. The van der Waals surface area contributed by atoms with Crippen molar-refractivity contribution in [3.05, 3.63) is 48.6 Å². The fourth-order valence-electron chi connectivity index (χ4n) is 1.88. The van der Waals surface area contributed by atoms with Crippen LogP contribution in [-0.4, -0.2) is 28.7 Å². The Bertz CT molecular complexity index is 387. The Kier molecular flexibility index (Phi) is 5.90. The minimum atomic E-state index is -2.72. The molecule has 2 N–H and O–H groups in total. The third-order valence-corrected chi connectivity index (χ3v) is 5.87. The third-order valence-electron chi connectivity index (χ3n) is 3.07. The highest BCUT2D eigenvalue weighted by Gasteiger charge is 2.43. The van der Waals surface area contributed by atoms with E-state index in [-0.39, 0.29) is 0 Å². The summed E-state index contributed by atoms with van der Waals surface area (Å²) in [6.07, 6.45) is 2.13. The van der Waals surface area contributed by atoms with Crippen molar-refractivity contribution in [3.8, 4) is 0 Å². The van der Waals surface area contributed by atoms with Crippen molar-refractivity contribution >= 4 is 8.80 Å². The summed E-state index contributed by atoms with van der Waals surface area (Å²) in [5.41, 5.74) is 6.37. The first-order chi connectivity index (χ1) is 9.03. The van der Waals surface area contributed by atoms with Gasteiger partial charge in [0.05, 0.1) is 0 Å². The SMILES string of the molecule is C=CC(N)(Cc1ccccc1)O[Si](CC)(OC)OC. The van der Waals surface area contributed by atoms with E-state index in [0.29, 0.717) is 12.5 Å². The largest absolute Gasteiger partial charge is 0.501 e. The summed E-state index contributed by atoms with van der Waals surface area (Å²) in [5, 5.41) is 0. The summed E-state index contributed by atoms with van der Waals surface area (Å²) in [4.78, 5) is 0. The summed E-state index contributed by atoms with van der Waals surface area (Å²) in [6.45, 7) is 5.74. The van der Waals surface area contributed by atoms with Crippen LogP contribution in [0.2, 0.25) is 6.04 Å². The van der Waals surface area contributed by atoms with Gasteiger partial charge in [0.25, 0.3) is 0 Å². The van der Waals surface area contributed by atoms with E-state index in [1.807, 2.05) is 37.3 Å². The minimum Gasteiger partial charge on any atom is -0.377 e. The van der Waals surface area contributed by atoms with Crippen molar-refractivity contribution in [2.75, 3.05) is 14.2 Å². The minimum absolute atomic E-state index is 0.527. The Morgan fingerprint density at radius 3 is 2.26 bits per heavy atom. The molecule has 19 heavy (non-hydrogen) atoms. The second kappa shape index (κ2) is 6.98. The quantitative estimate of drug-likeness (QED) is 0.451. The van der Waals surface area contributed by atoms with E-state index in [2.05, 4.69) is 6.58 Å². The van der Waals surface area contributed by atoms with Gasteiger partial charge < -0.3 is 19.0 Å². The maximum absolute atomic E-state index is 6.28. The van der Waals surface area contributed by atoms with Gasteiger partial charge in [-0.15, -0.1) is 0 Å². The number of hydrogen-bond acceptors (Lipinski definition) is 4. The number of nitrogens with two attached hydrogens (primary N) is 1. The molecule has 106 valence electrons.